The van der Waals surface area contributed by atoms with Crippen molar-refractivity contribution in [1.82, 2.24) is 0 Å². The lowest BCUT2D eigenvalue weighted by Gasteiger charge is -2.18. The van der Waals surface area contributed by atoms with E-state index in [0.717, 1.165) is 89.9 Å². The van der Waals surface area contributed by atoms with E-state index in [2.05, 4.69) is 93.7 Å². The highest BCUT2D eigenvalue weighted by Crippen LogP contribution is 2.16. The molecule has 0 amide bonds. The largest absolute Gasteiger partial charge is 0.462 e. The third kappa shape index (κ3) is 61.6. The molecule has 434 valence electrons. The number of esters is 3. The van der Waals surface area contributed by atoms with Crippen molar-refractivity contribution in [2.45, 2.75) is 335 Å². The van der Waals surface area contributed by atoms with Crippen LogP contribution >= 0.6 is 0 Å². The predicted molar refractivity (Wildman–Crippen MR) is 325 cm³/mol. The fourth-order valence-corrected chi connectivity index (χ4v) is 9.28. The van der Waals surface area contributed by atoms with E-state index in [0.29, 0.717) is 19.3 Å². The maximum Gasteiger partial charge on any atom is 0.306 e. The lowest BCUT2D eigenvalue weighted by atomic mass is 10.0. The number of allylic oxidation sites excluding steroid dienone is 12. The molecule has 0 aromatic heterocycles. The van der Waals surface area contributed by atoms with Crippen LogP contribution in [0.15, 0.2) is 72.9 Å². The minimum Gasteiger partial charge on any atom is -0.462 e. The van der Waals surface area contributed by atoms with E-state index in [9.17, 15) is 14.4 Å². The zero-order valence-corrected chi connectivity index (χ0v) is 49.8. The van der Waals surface area contributed by atoms with Crippen LogP contribution in [-0.2, 0) is 28.6 Å². The molecule has 0 saturated carbocycles. The highest BCUT2D eigenvalue weighted by atomic mass is 16.6. The molecular weight excluding hydrogens is 925 g/mol. The van der Waals surface area contributed by atoms with Crippen molar-refractivity contribution in [3.63, 3.8) is 0 Å². The monoisotopic (exact) mass is 1050 g/mol. The van der Waals surface area contributed by atoms with Crippen LogP contribution in [0.1, 0.15) is 329 Å². The summed E-state index contributed by atoms with van der Waals surface area (Å²) in [5, 5.41) is 0. The molecule has 0 saturated heterocycles. The van der Waals surface area contributed by atoms with Crippen molar-refractivity contribution in [3.8, 4) is 0 Å². The first-order valence-electron chi connectivity index (χ1n) is 32.4. The van der Waals surface area contributed by atoms with Gasteiger partial charge in [0.05, 0.1) is 0 Å². The fourth-order valence-electron chi connectivity index (χ4n) is 9.28. The van der Waals surface area contributed by atoms with Crippen molar-refractivity contribution < 1.29 is 28.6 Å². The van der Waals surface area contributed by atoms with Crippen molar-refractivity contribution in [1.29, 1.82) is 0 Å². The summed E-state index contributed by atoms with van der Waals surface area (Å²) in [4.78, 5) is 37.9. The molecule has 0 heterocycles. The molecule has 1 atom stereocenters. The number of carbonyl (C=O) groups excluding carboxylic acids is 3. The highest BCUT2D eigenvalue weighted by Gasteiger charge is 2.19. The second-order valence-electron chi connectivity index (χ2n) is 21.7. The van der Waals surface area contributed by atoms with Gasteiger partial charge in [-0.05, 0) is 96.3 Å². The van der Waals surface area contributed by atoms with E-state index in [4.69, 9.17) is 14.2 Å². The first-order valence-corrected chi connectivity index (χ1v) is 32.4. The van der Waals surface area contributed by atoms with Gasteiger partial charge in [0.25, 0.3) is 0 Å². The van der Waals surface area contributed by atoms with E-state index in [1.165, 1.54) is 199 Å². The summed E-state index contributed by atoms with van der Waals surface area (Å²) in [5.41, 5.74) is 0. The Morgan fingerprint density at radius 2 is 0.480 bits per heavy atom. The summed E-state index contributed by atoms with van der Waals surface area (Å²) < 4.78 is 16.8. The van der Waals surface area contributed by atoms with Crippen molar-refractivity contribution >= 4 is 17.9 Å². The molecule has 0 spiro atoms. The number of rotatable bonds is 59. The van der Waals surface area contributed by atoms with E-state index in [1.54, 1.807) is 0 Å². The van der Waals surface area contributed by atoms with Gasteiger partial charge in [0.2, 0.25) is 0 Å². The lowest BCUT2D eigenvalue weighted by molar-refractivity contribution is -0.167. The molecule has 0 rings (SSSR count). The highest BCUT2D eigenvalue weighted by molar-refractivity contribution is 5.71. The molecule has 0 bridgehead atoms. The molecule has 1 unspecified atom stereocenters. The van der Waals surface area contributed by atoms with Gasteiger partial charge >= 0.3 is 17.9 Å². The van der Waals surface area contributed by atoms with Gasteiger partial charge in [0.1, 0.15) is 13.2 Å². The van der Waals surface area contributed by atoms with E-state index < -0.39 is 6.10 Å². The van der Waals surface area contributed by atoms with Gasteiger partial charge in [0, 0.05) is 19.3 Å². The summed E-state index contributed by atoms with van der Waals surface area (Å²) in [6, 6.07) is 0. The molecule has 0 radical (unpaired) electrons. The normalized spacial score (nSPS) is 12.5. The second-order valence-corrected chi connectivity index (χ2v) is 21.7. The first kappa shape index (κ1) is 71.8. The zero-order valence-electron chi connectivity index (χ0n) is 49.8. The zero-order chi connectivity index (χ0) is 54.3. The van der Waals surface area contributed by atoms with E-state index in [1.807, 2.05) is 0 Å². The van der Waals surface area contributed by atoms with Gasteiger partial charge in [0.15, 0.2) is 6.10 Å². The molecule has 0 aromatic rings. The molecule has 0 aliphatic carbocycles. The summed E-state index contributed by atoms with van der Waals surface area (Å²) in [7, 11) is 0. The summed E-state index contributed by atoms with van der Waals surface area (Å²) in [5.74, 6) is -0.884. The molecule has 0 aliphatic heterocycles. The molecule has 0 aromatic carbocycles. The quantitative estimate of drug-likeness (QED) is 0.0261. The fraction of sp³-hybridized carbons (Fsp3) is 0.783. The maximum absolute atomic E-state index is 12.8. The molecule has 75 heavy (non-hydrogen) atoms. The van der Waals surface area contributed by atoms with Crippen LogP contribution < -0.4 is 0 Å². The molecule has 0 fully saturated rings. The SMILES string of the molecule is CCCCCCC/C=C\C/C=C\C/C=C\CCCCCCCCCCCCCCC(=O)OCC(COC(=O)CCCCCCC)OC(=O)CCCCCCCCCCCC/C=C\C/C=C\C/C=C\CCCCCCC. The average Bonchev–Trinajstić information content (AvgIpc) is 3.41. The topological polar surface area (TPSA) is 78.9 Å². The van der Waals surface area contributed by atoms with Crippen molar-refractivity contribution in [2.75, 3.05) is 13.2 Å². The third-order valence-electron chi connectivity index (χ3n) is 14.2. The number of hydrogen-bond donors (Lipinski definition) is 0. The molecule has 6 heteroatoms. The van der Waals surface area contributed by atoms with Gasteiger partial charge in [-0.25, -0.2) is 0 Å². The number of unbranched alkanes of at least 4 members (excludes halogenated alkanes) is 36. The molecule has 0 aliphatic rings. The summed E-state index contributed by atoms with van der Waals surface area (Å²) in [6.45, 7) is 6.56. The van der Waals surface area contributed by atoms with Gasteiger partial charge < -0.3 is 14.2 Å². The molecule has 0 N–H and O–H groups in total. The Hall–Kier alpha value is -3.15. The molecule has 6 nitrogen and oxygen atoms in total. The Morgan fingerprint density at radius 1 is 0.267 bits per heavy atom. The number of hydrogen-bond acceptors (Lipinski definition) is 6. The first-order chi connectivity index (χ1) is 37.0. The Balaban J connectivity index is 4.04. The van der Waals surface area contributed by atoms with Crippen LogP contribution in [0.4, 0.5) is 0 Å². The van der Waals surface area contributed by atoms with Crippen LogP contribution in [0, 0.1) is 0 Å². The standard InChI is InChI=1S/C69H122O6/c1-4-7-10-13-15-17-19-21-23-25-27-29-31-33-34-36-37-39-41-43-45-47-49-51-53-56-59-62-68(71)74-65-66(64-73-67(70)61-58-55-12-9-6-3)75-69(72)63-60-57-54-52-50-48-46-44-42-40-38-35-32-30-28-26-24-22-20-18-16-14-11-8-5-2/h19-22,25-28,31-33,35,66H,4-18,23-24,29-30,34,36-65H2,1-3H3/b21-19-,22-20-,27-25-,28-26-,33-31-,35-32-. The lowest BCUT2D eigenvalue weighted by Crippen LogP contribution is -2.30. The van der Waals surface area contributed by atoms with Gasteiger partial charge in [-0.15, -0.1) is 0 Å². The van der Waals surface area contributed by atoms with Gasteiger partial charge in [-0.1, -0.05) is 286 Å². The maximum atomic E-state index is 12.8. The van der Waals surface area contributed by atoms with E-state index in [-0.39, 0.29) is 31.1 Å². The summed E-state index contributed by atoms with van der Waals surface area (Å²) >= 11 is 0. The van der Waals surface area contributed by atoms with Crippen molar-refractivity contribution in [3.05, 3.63) is 72.9 Å². The second kappa shape index (κ2) is 63.4. The van der Waals surface area contributed by atoms with Gasteiger partial charge in [-0.3, -0.25) is 14.4 Å². The Kier molecular flexibility index (Phi) is 60.7. The van der Waals surface area contributed by atoms with Gasteiger partial charge in [-0.2, -0.15) is 0 Å². The average molecular weight is 1050 g/mol. The minimum absolute atomic E-state index is 0.0764. The van der Waals surface area contributed by atoms with E-state index >= 15 is 0 Å². The Morgan fingerprint density at radius 3 is 0.747 bits per heavy atom. The molecular formula is C69H122O6. The van der Waals surface area contributed by atoms with Crippen LogP contribution in [0.2, 0.25) is 0 Å². The predicted octanol–water partition coefficient (Wildman–Crippen LogP) is 22.1. The van der Waals surface area contributed by atoms with Crippen LogP contribution in [0.5, 0.6) is 0 Å². The Bertz CT molecular complexity index is 1390. The minimum atomic E-state index is -0.775. The smallest absolute Gasteiger partial charge is 0.306 e. The van der Waals surface area contributed by atoms with Crippen LogP contribution in [-0.4, -0.2) is 37.2 Å². The van der Waals surface area contributed by atoms with Crippen LogP contribution in [0.3, 0.4) is 0 Å². The number of carbonyl (C=O) groups is 3. The summed E-state index contributed by atoms with van der Waals surface area (Å²) in [6.07, 6.45) is 82.4. The van der Waals surface area contributed by atoms with Crippen LogP contribution in [0.25, 0.3) is 0 Å². The van der Waals surface area contributed by atoms with Crippen molar-refractivity contribution in [2.24, 2.45) is 0 Å². The number of ether oxygens (including phenoxy) is 3. The Labute approximate surface area is 465 Å². The third-order valence-corrected chi connectivity index (χ3v) is 14.2.